The van der Waals surface area contributed by atoms with Gasteiger partial charge >= 0.3 is 0 Å². The summed E-state index contributed by atoms with van der Waals surface area (Å²) in [6, 6.07) is 25.4. The number of likely N-dealkylation sites (tertiary alicyclic amines) is 1. The third kappa shape index (κ3) is 5.06. The number of carbonyl (C=O) groups is 2. The fourth-order valence-electron chi connectivity index (χ4n) is 4.34. The van der Waals surface area contributed by atoms with Gasteiger partial charge in [-0.1, -0.05) is 48.5 Å². The van der Waals surface area contributed by atoms with Crippen LogP contribution in [0.3, 0.4) is 0 Å². The van der Waals surface area contributed by atoms with Crippen molar-refractivity contribution in [2.24, 2.45) is 0 Å². The molecule has 0 radical (unpaired) electrons. The third-order valence-corrected chi connectivity index (χ3v) is 6.20. The maximum absolute atomic E-state index is 13.2. The van der Waals surface area contributed by atoms with Crippen LogP contribution in [0, 0.1) is 0 Å². The molecule has 1 aliphatic heterocycles. The van der Waals surface area contributed by atoms with E-state index in [1.165, 1.54) is 17.0 Å². The van der Waals surface area contributed by atoms with Gasteiger partial charge in [0.15, 0.2) is 0 Å². The van der Waals surface area contributed by atoms with Gasteiger partial charge in [0.1, 0.15) is 23.9 Å². The summed E-state index contributed by atoms with van der Waals surface area (Å²) in [7, 11) is 0. The predicted molar refractivity (Wildman–Crippen MR) is 137 cm³/mol. The molecule has 0 saturated carbocycles. The van der Waals surface area contributed by atoms with Crippen molar-refractivity contribution in [3.05, 3.63) is 131 Å². The molecular weight excluding hydrogens is 468 g/mol. The summed E-state index contributed by atoms with van der Waals surface area (Å²) in [5, 5.41) is 21.0. The molecule has 0 aliphatic carbocycles. The van der Waals surface area contributed by atoms with Gasteiger partial charge in [-0.05, 0) is 59.2 Å². The van der Waals surface area contributed by atoms with E-state index in [4.69, 9.17) is 4.74 Å². The molecule has 1 amide bonds. The Bertz CT molecular complexity index is 1430. The van der Waals surface area contributed by atoms with Crippen LogP contribution >= 0.6 is 0 Å². The number of aromatic nitrogens is 1. The van der Waals surface area contributed by atoms with E-state index in [1.54, 1.807) is 54.9 Å². The van der Waals surface area contributed by atoms with E-state index in [1.807, 2.05) is 36.4 Å². The molecule has 0 spiro atoms. The van der Waals surface area contributed by atoms with Gasteiger partial charge in [0.25, 0.3) is 11.7 Å². The lowest BCUT2D eigenvalue weighted by atomic mass is 9.95. The topological polar surface area (TPSA) is 100.0 Å². The Hall–Kier alpha value is -4.91. The largest absolute Gasteiger partial charge is 0.508 e. The number of phenols is 1. The minimum atomic E-state index is -0.838. The van der Waals surface area contributed by atoms with Crippen LogP contribution in [0.5, 0.6) is 11.5 Å². The van der Waals surface area contributed by atoms with Crippen LogP contribution in [0.4, 0.5) is 0 Å². The zero-order valence-corrected chi connectivity index (χ0v) is 19.8. The summed E-state index contributed by atoms with van der Waals surface area (Å²) in [5.74, 6) is -1.11. The summed E-state index contributed by atoms with van der Waals surface area (Å²) in [4.78, 5) is 31.8. The van der Waals surface area contributed by atoms with Crippen LogP contribution < -0.4 is 4.74 Å². The predicted octanol–water partition coefficient (Wildman–Crippen LogP) is 4.99. The molecule has 1 fully saturated rings. The number of aliphatic hydroxyl groups is 1. The summed E-state index contributed by atoms with van der Waals surface area (Å²) in [5.41, 5.74) is 2.73. The zero-order valence-electron chi connectivity index (χ0n) is 19.8. The third-order valence-electron chi connectivity index (χ3n) is 6.20. The smallest absolute Gasteiger partial charge is 0.295 e. The van der Waals surface area contributed by atoms with Gasteiger partial charge in [0, 0.05) is 24.5 Å². The normalized spacial score (nSPS) is 16.6. The molecule has 1 saturated heterocycles. The molecule has 1 unspecified atom stereocenters. The Morgan fingerprint density at radius 3 is 2.24 bits per heavy atom. The van der Waals surface area contributed by atoms with Crippen LogP contribution in [0.1, 0.15) is 28.3 Å². The first kappa shape index (κ1) is 23.8. The van der Waals surface area contributed by atoms with E-state index in [-0.39, 0.29) is 23.6 Å². The molecule has 0 bridgehead atoms. The van der Waals surface area contributed by atoms with Gasteiger partial charge in [-0.3, -0.25) is 14.6 Å². The maximum Gasteiger partial charge on any atom is 0.295 e. The first-order chi connectivity index (χ1) is 18.0. The van der Waals surface area contributed by atoms with Crippen molar-refractivity contribution < 1.29 is 24.5 Å². The van der Waals surface area contributed by atoms with Gasteiger partial charge in [-0.2, -0.15) is 0 Å². The molecule has 1 aliphatic rings. The lowest BCUT2D eigenvalue weighted by Gasteiger charge is -2.25. The van der Waals surface area contributed by atoms with Crippen molar-refractivity contribution in [2.75, 3.05) is 0 Å². The highest BCUT2D eigenvalue weighted by Gasteiger charge is 2.46. The number of hydrogen-bond donors (Lipinski definition) is 2. The minimum absolute atomic E-state index is 0.0162. The van der Waals surface area contributed by atoms with Gasteiger partial charge < -0.3 is 19.8 Å². The van der Waals surface area contributed by atoms with E-state index in [9.17, 15) is 19.8 Å². The van der Waals surface area contributed by atoms with Crippen molar-refractivity contribution in [3.63, 3.8) is 0 Å². The van der Waals surface area contributed by atoms with Crippen LogP contribution in [-0.4, -0.2) is 31.8 Å². The van der Waals surface area contributed by atoms with Gasteiger partial charge in [-0.15, -0.1) is 0 Å². The number of pyridine rings is 1. The van der Waals surface area contributed by atoms with E-state index < -0.39 is 17.7 Å². The summed E-state index contributed by atoms with van der Waals surface area (Å²) >= 11 is 0. The van der Waals surface area contributed by atoms with Gasteiger partial charge in [-0.25, -0.2) is 0 Å². The van der Waals surface area contributed by atoms with Crippen molar-refractivity contribution in [1.29, 1.82) is 0 Å². The van der Waals surface area contributed by atoms with Crippen molar-refractivity contribution in [2.45, 2.75) is 19.2 Å². The van der Waals surface area contributed by atoms with Crippen molar-refractivity contribution in [1.82, 2.24) is 9.88 Å². The number of carbonyl (C=O) groups excluding carboxylic acids is 2. The highest BCUT2D eigenvalue weighted by atomic mass is 16.5. The van der Waals surface area contributed by atoms with Crippen LogP contribution in [0.25, 0.3) is 5.76 Å². The van der Waals surface area contributed by atoms with Gasteiger partial charge in [0.05, 0.1) is 11.6 Å². The Morgan fingerprint density at radius 2 is 1.57 bits per heavy atom. The van der Waals surface area contributed by atoms with E-state index in [2.05, 4.69) is 4.98 Å². The Morgan fingerprint density at radius 1 is 0.865 bits per heavy atom. The molecule has 2 N–H and O–H groups in total. The molecule has 5 rings (SSSR count). The highest BCUT2D eigenvalue weighted by molar-refractivity contribution is 6.46. The highest BCUT2D eigenvalue weighted by Crippen LogP contribution is 2.40. The lowest BCUT2D eigenvalue weighted by molar-refractivity contribution is -0.140. The maximum atomic E-state index is 13.2. The van der Waals surface area contributed by atoms with Gasteiger partial charge in [0.2, 0.25) is 0 Å². The van der Waals surface area contributed by atoms with E-state index in [0.29, 0.717) is 23.5 Å². The molecule has 37 heavy (non-hydrogen) atoms. The fourth-order valence-corrected chi connectivity index (χ4v) is 4.34. The molecule has 4 aromatic rings. The Labute approximate surface area is 213 Å². The first-order valence-electron chi connectivity index (χ1n) is 11.7. The van der Waals surface area contributed by atoms with Crippen LogP contribution in [0.2, 0.25) is 0 Å². The Balaban J connectivity index is 1.48. The zero-order chi connectivity index (χ0) is 25.8. The molecule has 2 heterocycles. The number of hydrogen-bond acceptors (Lipinski definition) is 6. The average molecular weight is 493 g/mol. The monoisotopic (exact) mass is 492 g/mol. The average Bonchev–Trinajstić information content (AvgIpc) is 3.18. The minimum Gasteiger partial charge on any atom is -0.508 e. The number of amides is 1. The second kappa shape index (κ2) is 10.4. The summed E-state index contributed by atoms with van der Waals surface area (Å²) < 4.78 is 5.82. The SMILES string of the molecule is O=C1C(=O)N(Cc2cccnc2)C(c2ccc(O)cc2)/C1=C(\O)c1ccc(OCc2ccccc2)cc1. The lowest BCUT2D eigenvalue weighted by Crippen LogP contribution is -2.29. The number of phenolic OH excluding ortho intramolecular Hbond substituents is 1. The molecular formula is C30H24N2O5. The Kier molecular flexibility index (Phi) is 6.68. The number of ketones is 1. The first-order valence-corrected chi connectivity index (χ1v) is 11.7. The molecule has 184 valence electrons. The number of rotatable bonds is 7. The number of Topliss-reactive ketones (excluding diaryl/α,β-unsaturated/α-hetero) is 1. The second-order valence-electron chi connectivity index (χ2n) is 8.68. The number of nitrogens with zero attached hydrogens (tertiary/aromatic N) is 2. The number of ether oxygens (including phenoxy) is 1. The quantitative estimate of drug-likeness (QED) is 0.214. The molecule has 7 nitrogen and oxygen atoms in total. The number of aliphatic hydroxyl groups excluding tert-OH is 1. The fraction of sp³-hybridized carbons (Fsp3) is 0.100. The molecule has 7 heteroatoms. The number of aromatic hydroxyl groups is 1. The molecule has 3 aromatic carbocycles. The van der Waals surface area contributed by atoms with Crippen molar-refractivity contribution >= 4 is 17.4 Å². The number of benzene rings is 3. The second-order valence-corrected chi connectivity index (χ2v) is 8.68. The van der Waals surface area contributed by atoms with Crippen molar-refractivity contribution in [3.8, 4) is 11.5 Å². The van der Waals surface area contributed by atoms with E-state index >= 15 is 0 Å². The molecule has 1 atom stereocenters. The van der Waals surface area contributed by atoms with E-state index in [0.717, 1.165) is 11.1 Å². The standard InChI is InChI=1S/C30H24N2O5/c33-24-12-8-22(9-13-24)27-26(29(35)30(36)32(27)18-21-7-4-16-31-17-21)28(34)23-10-14-25(15-11-23)37-19-20-5-2-1-3-6-20/h1-17,27,33-34H,18-19H2/b28-26+. The van der Waals surface area contributed by atoms with Crippen LogP contribution in [-0.2, 0) is 22.7 Å². The summed E-state index contributed by atoms with van der Waals surface area (Å²) in [6.45, 7) is 0.527. The van der Waals surface area contributed by atoms with Crippen LogP contribution in [0.15, 0.2) is 109 Å². The summed E-state index contributed by atoms with van der Waals surface area (Å²) in [6.07, 6.45) is 3.25. The molecule has 1 aromatic heterocycles.